The Balaban J connectivity index is 1.57. The van der Waals surface area contributed by atoms with Gasteiger partial charge in [-0.05, 0) is 50.2 Å². The molecule has 1 aromatic carbocycles. The van der Waals surface area contributed by atoms with Gasteiger partial charge >= 0.3 is 0 Å². The predicted octanol–water partition coefficient (Wildman–Crippen LogP) is 3.94. The lowest BCUT2D eigenvalue weighted by molar-refractivity contribution is 0.0896. The molecule has 6 nitrogen and oxygen atoms in total. The third-order valence-corrected chi connectivity index (χ3v) is 6.85. The van der Waals surface area contributed by atoms with Crippen LogP contribution in [0.3, 0.4) is 0 Å². The molecular formula is C20H23ClN4O2S. The van der Waals surface area contributed by atoms with Gasteiger partial charge in [0.2, 0.25) is 0 Å². The second-order valence-corrected chi connectivity index (χ2v) is 8.69. The zero-order valence-electron chi connectivity index (χ0n) is 16.1. The van der Waals surface area contributed by atoms with Crippen molar-refractivity contribution in [3.63, 3.8) is 0 Å². The number of hydrogen-bond donors (Lipinski definition) is 2. The van der Waals surface area contributed by atoms with E-state index in [1.54, 1.807) is 24.5 Å². The average Bonchev–Trinajstić information content (AvgIpc) is 3.28. The van der Waals surface area contributed by atoms with Crippen molar-refractivity contribution in [2.24, 2.45) is 0 Å². The summed E-state index contributed by atoms with van der Waals surface area (Å²) in [6.07, 6.45) is 0.978. The van der Waals surface area contributed by atoms with E-state index >= 15 is 0 Å². The summed E-state index contributed by atoms with van der Waals surface area (Å²) < 4.78 is 5.32. The molecule has 1 amide bonds. The Morgan fingerprint density at radius 1 is 1.50 bits per heavy atom. The van der Waals surface area contributed by atoms with Crippen LogP contribution in [0, 0.1) is 0 Å². The Morgan fingerprint density at radius 2 is 2.32 bits per heavy atom. The molecule has 148 valence electrons. The minimum atomic E-state index is -0.372. The molecule has 8 heteroatoms. The molecule has 0 radical (unpaired) electrons. The summed E-state index contributed by atoms with van der Waals surface area (Å²) in [5.41, 5.74) is 2.92. The highest BCUT2D eigenvalue weighted by atomic mass is 35.5. The lowest BCUT2D eigenvalue weighted by Crippen LogP contribution is -2.31. The van der Waals surface area contributed by atoms with Crippen LogP contribution in [-0.2, 0) is 11.2 Å². The van der Waals surface area contributed by atoms with Crippen LogP contribution in [0.5, 0.6) is 0 Å². The number of aromatic nitrogens is 2. The quantitative estimate of drug-likeness (QED) is 0.658. The average molecular weight is 419 g/mol. The summed E-state index contributed by atoms with van der Waals surface area (Å²) in [5, 5.41) is 3.70. The zero-order chi connectivity index (χ0) is 19.8. The van der Waals surface area contributed by atoms with E-state index in [2.05, 4.69) is 34.2 Å². The molecule has 4 rings (SSSR count). The van der Waals surface area contributed by atoms with Gasteiger partial charge in [-0.1, -0.05) is 11.6 Å². The normalized spacial score (nSPS) is 18.2. The highest BCUT2D eigenvalue weighted by molar-refractivity contribution is 7.14. The summed E-state index contributed by atoms with van der Waals surface area (Å²) in [5.74, 6) is 0.552. The third-order valence-electron chi connectivity index (χ3n) is 5.27. The van der Waals surface area contributed by atoms with Crippen LogP contribution in [0.25, 0.3) is 11.0 Å². The smallest absolute Gasteiger partial charge is 0.262 e. The first kappa shape index (κ1) is 19.4. The Morgan fingerprint density at radius 3 is 3.11 bits per heavy atom. The van der Waals surface area contributed by atoms with E-state index in [0.717, 1.165) is 28.9 Å². The predicted molar refractivity (Wildman–Crippen MR) is 112 cm³/mol. The fourth-order valence-corrected chi connectivity index (χ4v) is 4.95. The number of carbonyl (C=O) groups excluding carboxylic acids is 1. The number of amides is 1. The largest absolute Gasteiger partial charge is 0.382 e. The molecule has 0 aliphatic carbocycles. The SMILES string of the molecule is COC[C@H](NC(=O)c1cc2c(s1)C(C)N(C)CC2)c1nc2ccc(Cl)cc2[nH]1. The van der Waals surface area contributed by atoms with Crippen LogP contribution in [0.1, 0.15) is 44.9 Å². The number of likely N-dealkylation sites (N-methyl/N-ethyl adjacent to an activating group) is 1. The number of thiophene rings is 1. The number of benzene rings is 1. The van der Waals surface area contributed by atoms with Crippen molar-refractivity contribution in [3.05, 3.63) is 50.4 Å². The number of halogens is 1. The lowest BCUT2D eigenvalue weighted by Gasteiger charge is -2.29. The van der Waals surface area contributed by atoms with Gasteiger partial charge in [0.1, 0.15) is 11.9 Å². The van der Waals surface area contributed by atoms with E-state index in [1.807, 2.05) is 18.2 Å². The summed E-state index contributed by atoms with van der Waals surface area (Å²) in [6, 6.07) is 7.47. The summed E-state index contributed by atoms with van der Waals surface area (Å²) in [7, 11) is 3.73. The fourth-order valence-electron chi connectivity index (χ4n) is 3.55. The van der Waals surface area contributed by atoms with Crippen LogP contribution >= 0.6 is 22.9 Å². The number of hydrogen-bond acceptors (Lipinski definition) is 5. The van der Waals surface area contributed by atoms with E-state index in [1.165, 1.54) is 10.4 Å². The molecule has 3 aromatic rings. The van der Waals surface area contributed by atoms with Gasteiger partial charge in [0.25, 0.3) is 5.91 Å². The molecule has 0 saturated carbocycles. The molecule has 2 N–H and O–H groups in total. The van der Waals surface area contributed by atoms with Gasteiger partial charge in [-0.2, -0.15) is 0 Å². The molecule has 1 unspecified atom stereocenters. The van der Waals surface area contributed by atoms with Crippen LogP contribution < -0.4 is 5.32 Å². The van der Waals surface area contributed by atoms with Crippen molar-refractivity contribution in [1.29, 1.82) is 0 Å². The van der Waals surface area contributed by atoms with E-state index in [-0.39, 0.29) is 11.9 Å². The number of H-pyrrole nitrogens is 1. The van der Waals surface area contributed by atoms with E-state index in [9.17, 15) is 4.79 Å². The molecule has 1 aliphatic heterocycles. The van der Waals surface area contributed by atoms with Crippen LogP contribution in [0.4, 0.5) is 0 Å². The first-order valence-corrected chi connectivity index (χ1v) is 10.4. The minimum absolute atomic E-state index is 0.102. The van der Waals surface area contributed by atoms with Crippen molar-refractivity contribution < 1.29 is 9.53 Å². The Bertz CT molecular complexity index is 1010. The van der Waals surface area contributed by atoms with Gasteiger partial charge in [-0.15, -0.1) is 11.3 Å². The molecule has 28 heavy (non-hydrogen) atoms. The van der Waals surface area contributed by atoms with Gasteiger partial charge < -0.3 is 15.0 Å². The van der Waals surface area contributed by atoms with E-state index in [0.29, 0.717) is 23.5 Å². The summed E-state index contributed by atoms with van der Waals surface area (Å²) in [6.45, 7) is 3.52. The van der Waals surface area contributed by atoms with Crippen molar-refractivity contribution in [2.75, 3.05) is 27.3 Å². The van der Waals surface area contributed by atoms with E-state index < -0.39 is 0 Å². The number of imidazole rings is 1. The van der Waals surface area contributed by atoms with Crippen molar-refractivity contribution >= 4 is 39.9 Å². The maximum Gasteiger partial charge on any atom is 0.262 e. The Kier molecular flexibility index (Phi) is 5.42. The molecule has 3 heterocycles. The topological polar surface area (TPSA) is 70.2 Å². The highest BCUT2D eigenvalue weighted by Crippen LogP contribution is 2.35. The molecule has 1 aliphatic rings. The molecule has 0 fully saturated rings. The zero-order valence-corrected chi connectivity index (χ0v) is 17.7. The highest BCUT2D eigenvalue weighted by Gasteiger charge is 2.27. The molecule has 0 spiro atoms. The van der Waals surface area contributed by atoms with Crippen molar-refractivity contribution in [1.82, 2.24) is 20.2 Å². The number of rotatable bonds is 5. The lowest BCUT2D eigenvalue weighted by atomic mass is 10.0. The Labute approximate surface area is 172 Å². The van der Waals surface area contributed by atoms with E-state index in [4.69, 9.17) is 16.3 Å². The van der Waals surface area contributed by atoms with Crippen LogP contribution in [0.2, 0.25) is 5.02 Å². The first-order valence-electron chi connectivity index (χ1n) is 9.24. The molecule has 2 aromatic heterocycles. The van der Waals surface area contributed by atoms with Gasteiger partial charge in [-0.25, -0.2) is 4.98 Å². The van der Waals surface area contributed by atoms with Crippen molar-refractivity contribution in [3.8, 4) is 0 Å². The number of aromatic amines is 1. The fraction of sp³-hybridized carbons (Fsp3) is 0.400. The first-order chi connectivity index (χ1) is 13.5. The van der Waals surface area contributed by atoms with Crippen LogP contribution in [0.15, 0.2) is 24.3 Å². The van der Waals surface area contributed by atoms with Crippen molar-refractivity contribution in [2.45, 2.75) is 25.4 Å². The maximum atomic E-state index is 12.9. The number of methoxy groups -OCH3 is 1. The number of fused-ring (bicyclic) bond motifs is 2. The second-order valence-electron chi connectivity index (χ2n) is 7.17. The van der Waals surface area contributed by atoms with Gasteiger partial charge in [0.15, 0.2) is 0 Å². The van der Waals surface area contributed by atoms with Gasteiger partial charge in [-0.3, -0.25) is 9.69 Å². The Hall–Kier alpha value is -1.93. The standard InChI is InChI=1S/C20H23ClN4O2S/c1-11-18-12(6-7-25(11)2)8-17(28-18)20(26)24-16(10-27-3)19-22-14-5-4-13(21)9-15(14)23-19/h4-5,8-9,11,16H,6-7,10H2,1-3H3,(H,22,23)(H,24,26)/t11?,16-/m0/s1. The molecule has 0 bridgehead atoms. The minimum Gasteiger partial charge on any atom is -0.382 e. The monoisotopic (exact) mass is 418 g/mol. The molecular weight excluding hydrogens is 396 g/mol. The number of ether oxygens (including phenoxy) is 1. The maximum absolute atomic E-state index is 12.9. The van der Waals surface area contributed by atoms with Gasteiger partial charge in [0.05, 0.1) is 22.5 Å². The van der Waals surface area contributed by atoms with Crippen LogP contribution in [-0.4, -0.2) is 48.1 Å². The number of nitrogens with one attached hydrogen (secondary N) is 2. The summed E-state index contributed by atoms with van der Waals surface area (Å²) in [4.78, 5) is 25.1. The third kappa shape index (κ3) is 3.67. The second kappa shape index (κ2) is 7.83. The number of carbonyl (C=O) groups is 1. The van der Waals surface area contributed by atoms with Gasteiger partial charge in [0, 0.05) is 29.6 Å². The molecule has 2 atom stereocenters. The number of nitrogens with zero attached hydrogens (tertiary/aromatic N) is 2. The molecule has 0 saturated heterocycles. The summed E-state index contributed by atoms with van der Waals surface area (Å²) >= 11 is 7.64.